The topological polar surface area (TPSA) is 59.0 Å². The molecular formula is C57H37N4OP. The minimum atomic E-state index is -3.38. The first-order chi connectivity index (χ1) is 31.1. The van der Waals surface area contributed by atoms with Crippen molar-refractivity contribution in [3.8, 4) is 45.3 Å². The number of hydrogen-bond donors (Lipinski definition) is 0. The third-order valence-electron chi connectivity index (χ3n) is 12.2. The Morgan fingerprint density at radius 1 is 0.365 bits per heavy atom. The van der Waals surface area contributed by atoms with E-state index in [2.05, 4.69) is 150 Å². The molecule has 0 radical (unpaired) electrons. The quantitative estimate of drug-likeness (QED) is 0.156. The summed E-state index contributed by atoms with van der Waals surface area (Å²) in [6.07, 6.45) is 0. The molecule has 0 amide bonds. The van der Waals surface area contributed by atoms with Gasteiger partial charge in [-0.2, -0.15) is 0 Å². The minimum absolute atomic E-state index is 0.604. The first-order valence-corrected chi connectivity index (χ1v) is 22.8. The number of rotatable bonds is 6. The number of benzene rings is 9. The monoisotopic (exact) mass is 824 g/mol. The molecule has 0 spiro atoms. The molecule has 12 rings (SSSR count). The van der Waals surface area contributed by atoms with E-state index in [1.165, 1.54) is 0 Å². The van der Waals surface area contributed by atoms with Gasteiger partial charge >= 0.3 is 0 Å². The SMILES string of the molecule is O=P1(c2ccc3ccccc3c2)C2=C(c3ccccc3N(c3cccc(-c4cccc(-c5nc(-c6ccccc6)nc(-c6ccccc6)n5)c4)c3)c3ccccc32)c2ccccc21. The molecule has 0 N–H and O–H groups in total. The number of para-hydroxylation sites is 2. The molecule has 296 valence electrons. The van der Waals surface area contributed by atoms with Crippen molar-refractivity contribution in [3.63, 3.8) is 0 Å². The van der Waals surface area contributed by atoms with Crippen LogP contribution in [0.1, 0.15) is 16.7 Å². The van der Waals surface area contributed by atoms with Gasteiger partial charge in [0.15, 0.2) is 24.6 Å². The van der Waals surface area contributed by atoms with Crippen LogP contribution in [0.4, 0.5) is 17.1 Å². The molecule has 10 aromatic rings. The molecule has 1 atom stereocenters. The predicted octanol–water partition coefficient (Wildman–Crippen LogP) is 13.7. The fraction of sp³-hybridized carbons (Fsp3) is 0. The third kappa shape index (κ3) is 6.08. The molecule has 0 fully saturated rings. The molecule has 2 aliphatic rings. The summed E-state index contributed by atoms with van der Waals surface area (Å²) in [5, 5.41) is 4.81. The number of fused-ring (bicyclic) bond motifs is 7. The maximum Gasteiger partial charge on any atom is 0.172 e. The van der Waals surface area contributed by atoms with Gasteiger partial charge in [0, 0.05) is 55.0 Å². The van der Waals surface area contributed by atoms with E-state index in [0.29, 0.717) is 17.5 Å². The van der Waals surface area contributed by atoms with Crippen LogP contribution in [-0.2, 0) is 4.57 Å². The third-order valence-corrected chi connectivity index (χ3v) is 15.4. The summed E-state index contributed by atoms with van der Waals surface area (Å²) in [5.74, 6) is 1.85. The van der Waals surface area contributed by atoms with Crippen LogP contribution in [0.15, 0.2) is 224 Å². The smallest absolute Gasteiger partial charge is 0.172 e. The van der Waals surface area contributed by atoms with E-state index >= 15 is 4.57 Å². The van der Waals surface area contributed by atoms with Crippen molar-refractivity contribution in [2.75, 3.05) is 4.90 Å². The Morgan fingerprint density at radius 2 is 0.873 bits per heavy atom. The van der Waals surface area contributed by atoms with Crippen molar-refractivity contribution in [2.45, 2.75) is 0 Å². The van der Waals surface area contributed by atoms with E-state index in [-0.39, 0.29) is 0 Å². The summed E-state index contributed by atoms with van der Waals surface area (Å²) in [6.45, 7) is 0. The van der Waals surface area contributed by atoms with Gasteiger partial charge in [-0.25, -0.2) is 15.0 Å². The van der Waals surface area contributed by atoms with Crippen LogP contribution in [0, 0.1) is 0 Å². The first kappa shape index (κ1) is 36.8. The molecule has 5 nitrogen and oxygen atoms in total. The highest BCUT2D eigenvalue weighted by molar-refractivity contribution is 7.88. The second-order valence-corrected chi connectivity index (χ2v) is 18.6. The van der Waals surface area contributed by atoms with Gasteiger partial charge in [-0.15, -0.1) is 0 Å². The lowest BCUT2D eigenvalue weighted by molar-refractivity contribution is 0.593. The van der Waals surface area contributed by atoms with Crippen LogP contribution in [0.25, 0.3) is 67.0 Å². The molecule has 0 aliphatic carbocycles. The fourth-order valence-corrected chi connectivity index (χ4v) is 12.6. The van der Waals surface area contributed by atoms with Crippen LogP contribution in [0.5, 0.6) is 0 Å². The number of nitrogens with zero attached hydrogens (tertiary/aromatic N) is 4. The van der Waals surface area contributed by atoms with Crippen molar-refractivity contribution >= 4 is 56.5 Å². The highest BCUT2D eigenvalue weighted by Gasteiger charge is 2.46. The van der Waals surface area contributed by atoms with Crippen LogP contribution in [-0.4, -0.2) is 15.0 Å². The maximum absolute atomic E-state index is 16.5. The summed E-state index contributed by atoms with van der Waals surface area (Å²) < 4.78 is 16.5. The largest absolute Gasteiger partial charge is 0.309 e. The van der Waals surface area contributed by atoms with E-state index in [1.54, 1.807) is 0 Å². The lowest BCUT2D eigenvalue weighted by atomic mass is 9.95. The molecule has 9 aromatic carbocycles. The Morgan fingerprint density at radius 3 is 1.59 bits per heavy atom. The molecular weight excluding hydrogens is 788 g/mol. The Hall–Kier alpha value is -7.98. The van der Waals surface area contributed by atoms with Crippen LogP contribution < -0.4 is 15.5 Å². The van der Waals surface area contributed by atoms with E-state index in [4.69, 9.17) is 15.0 Å². The number of anilines is 3. The average molecular weight is 825 g/mol. The van der Waals surface area contributed by atoms with Gasteiger partial charge in [-0.1, -0.05) is 188 Å². The van der Waals surface area contributed by atoms with E-state index in [0.717, 1.165) is 93.8 Å². The molecule has 0 bridgehead atoms. The normalized spacial score (nSPS) is 15.0. The van der Waals surface area contributed by atoms with Gasteiger partial charge in [-0.3, -0.25) is 0 Å². The van der Waals surface area contributed by atoms with Crippen LogP contribution in [0.2, 0.25) is 0 Å². The summed E-state index contributed by atoms with van der Waals surface area (Å²) in [6, 6.07) is 77.2. The second-order valence-electron chi connectivity index (χ2n) is 15.9. The highest BCUT2D eigenvalue weighted by atomic mass is 31.2. The van der Waals surface area contributed by atoms with Crippen molar-refractivity contribution < 1.29 is 4.57 Å². The number of hydrogen-bond acceptors (Lipinski definition) is 5. The molecule has 2 aliphatic heterocycles. The average Bonchev–Trinajstić information content (AvgIpc) is 3.55. The minimum Gasteiger partial charge on any atom is -0.309 e. The molecule has 6 heteroatoms. The molecule has 3 heterocycles. The molecule has 1 aromatic heterocycles. The van der Waals surface area contributed by atoms with Gasteiger partial charge in [0.05, 0.1) is 11.4 Å². The summed E-state index contributed by atoms with van der Waals surface area (Å²) in [7, 11) is -3.38. The molecule has 0 saturated carbocycles. The van der Waals surface area contributed by atoms with Gasteiger partial charge < -0.3 is 9.46 Å². The van der Waals surface area contributed by atoms with E-state index in [1.807, 2.05) is 78.9 Å². The van der Waals surface area contributed by atoms with Gasteiger partial charge in [0.25, 0.3) is 0 Å². The van der Waals surface area contributed by atoms with Crippen molar-refractivity contribution in [1.29, 1.82) is 0 Å². The van der Waals surface area contributed by atoms with Gasteiger partial charge in [0.1, 0.15) is 0 Å². The van der Waals surface area contributed by atoms with Gasteiger partial charge in [0.2, 0.25) is 0 Å². The Bertz CT molecular complexity index is 3450. The zero-order chi connectivity index (χ0) is 41.9. The molecule has 63 heavy (non-hydrogen) atoms. The Balaban J connectivity index is 1.01. The van der Waals surface area contributed by atoms with Gasteiger partial charge in [-0.05, 0) is 63.9 Å². The summed E-state index contributed by atoms with van der Waals surface area (Å²) in [5.41, 5.74) is 11.9. The predicted molar refractivity (Wildman–Crippen MR) is 259 cm³/mol. The highest BCUT2D eigenvalue weighted by Crippen LogP contribution is 2.68. The Labute approximate surface area is 365 Å². The lowest BCUT2D eigenvalue weighted by Crippen LogP contribution is -2.17. The zero-order valence-electron chi connectivity index (χ0n) is 34.0. The fourth-order valence-electron chi connectivity index (χ4n) is 9.34. The van der Waals surface area contributed by atoms with E-state index < -0.39 is 7.14 Å². The second kappa shape index (κ2) is 14.9. The summed E-state index contributed by atoms with van der Waals surface area (Å²) >= 11 is 0. The molecule has 0 saturated heterocycles. The van der Waals surface area contributed by atoms with Crippen molar-refractivity contribution in [3.05, 3.63) is 241 Å². The zero-order valence-corrected chi connectivity index (χ0v) is 34.9. The summed E-state index contributed by atoms with van der Waals surface area (Å²) in [4.78, 5) is 17.3. The van der Waals surface area contributed by atoms with Crippen LogP contribution >= 0.6 is 7.14 Å². The maximum atomic E-state index is 16.5. The lowest BCUT2D eigenvalue weighted by Gasteiger charge is -2.29. The standard InChI is InChI=1S/C57H37N4OP/c62-63(46-34-33-38-17-7-8-22-43(38)37-46)52-32-14-11-29-49(52)53-47-27-9-12-30-50(47)61(51-31-13-10-28-48(51)54(53)63)45-26-16-24-42(36-45)41-23-15-25-44(35-41)57-59-55(39-18-3-1-4-19-39)58-56(60-57)40-20-5-2-6-21-40/h1-37H. The van der Waals surface area contributed by atoms with E-state index in [9.17, 15) is 0 Å². The number of aromatic nitrogens is 3. The van der Waals surface area contributed by atoms with Crippen LogP contribution in [0.3, 0.4) is 0 Å². The Kier molecular flexibility index (Phi) is 8.70. The first-order valence-electron chi connectivity index (χ1n) is 21.1. The van der Waals surface area contributed by atoms with Crippen molar-refractivity contribution in [2.24, 2.45) is 0 Å². The molecule has 1 unspecified atom stereocenters. The van der Waals surface area contributed by atoms with Crippen molar-refractivity contribution in [1.82, 2.24) is 15.0 Å².